The number of benzene rings is 2. The van der Waals surface area contributed by atoms with E-state index in [1.54, 1.807) is 0 Å². The molecule has 8 heteroatoms. The summed E-state index contributed by atoms with van der Waals surface area (Å²) in [7, 11) is 0. The molecule has 0 atom stereocenters. The maximum atomic E-state index is 11.4. The Morgan fingerprint density at radius 1 is 0.676 bits per heavy atom. The van der Waals surface area contributed by atoms with E-state index in [1.807, 2.05) is 48.5 Å². The highest BCUT2D eigenvalue weighted by Crippen LogP contribution is 2.33. The Morgan fingerprint density at radius 3 is 1.35 bits per heavy atom. The zero-order valence-corrected chi connectivity index (χ0v) is 21.5. The Kier molecular flexibility index (Phi) is 11.9. The van der Waals surface area contributed by atoms with Crippen molar-refractivity contribution >= 4 is 11.9 Å². The van der Waals surface area contributed by atoms with Crippen molar-refractivity contribution in [3.63, 3.8) is 0 Å². The van der Waals surface area contributed by atoms with Crippen LogP contribution < -0.4 is 9.47 Å². The van der Waals surface area contributed by atoms with Gasteiger partial charge in [0.1, 0.15) is 11.5 Å². The van der Waals surface area contributed by atoms with Gasteiger partial charge in [0.15, 0.2) is 0 Å². The molecule has 2 N–H and O–H groups in total. The van der Waals surface area contributed by atoms with Crippen molar-refractivity contribution in [3.05, 3.63) is 84.0 Å². The van der Waals surface area contributed by atoms with Crippen LogP contribution in [0, 0.1) is 0 Å². The largest absolute Gasteiger partial charge is 0.493 e. The standard InChI is InChI=1S/C29H36O8/c1-21(19-30)27(32)36-17-5-15-34-25-11-7-23(8-12-25)29(3,4)24-9-13-26(14-10-24)35-16-6-18-37-28(33)22(2)20-31/h7-14,30-31H,1-2,5-6,15-20H2,3-4H3. The van der Waals surface area contributed by atoms with E-state index in [4.69, 9.17) is 29.2 Å². The van der Waals surface area contributed by atoms with Gasteiger partial charge in [-0.25, -0.2) is 9.59 Å². The fourth-order valence-electron chi connectivity index (χ4n) is 3.26. The third-order valence-electron chi connectivity index (χ3n) is 5.69. The minimum atomic E-state index is -0.599. The van der Waals surface area contributed by atoms with Crippen molar-refractivity contribution < 1.29 is 38.7 Å². The van der Waals surface area contributed by atoms with E-state index in [0.717, 1.165) is 22.6 Å². The normalized spacial score (nSPS) is 10.9. The topological polar surface area (TPSA) is 112 Å². The van der Waals surface area contributed by atoms with Gasteiger partial charge < -0.3 is 29.2 Å². The summed E-state index contributed by atoms with van der Waals surface area (Å²) in [5.74, 6) is 0.248. The van der Waals surface area contributed by atoms with E-state index in [9.17, 15) is 9.59 Å². The predicted octanol–water partition coefficient (Wildman–Crippen LogP) is 3.73. The maximum Gasteiger partial charge on any atom is 0.335 e. The van der Waals surface area contributed by atoms with Crippen LogP contribution in [0.3, 0.4) is 0 Å². The summed E-state index contributed by atoms with van der Waals surface area (Å²) in [6, 6.07) is 15.8. The highest BCUT2D eigenvalue weighted by Gasteiger charge is 2.23. The van der Waals surface area contributed by atoms with Crippen LogP contribution in [0.5, 0.6) is 11.5 Å². The third kappa shape index (κ3) is 9.40. The first-order valence-electron chi connectivity index (χ1n) is 12.1. The molecule has 2 aromatic rings. The summed E-state index contributed by atoms with van der Waals surface area (Å²) in [5.41, 5.74) is 2.06. The Labute approximate surface area is 218 Å². The minimum Gasteiger partial charge on any atom is -0.493 e. The van der Waals surface area contributed by atoms with Gasteiger partial charge >= 0.3 is 11.9 Å². The summed E-state index contributed by atoms with van der Waals surface area (Å²) >= 11 is 0. The molecule has 0 unspecified atom stereocenters. The smallest absolute Gasteiger partial charge is 0.335 e. The Morgan fingerprint density at radius 2 is 1.03 bits per heavy atom. The summed E-state index contributed by atoms with van der Waals surface area (Å²) in [5, 5.41) is 17.7. The lowest BCUT2D eigenvalue weighted by molar-refractivity contribution is -0.140. The van der Waals surface area contributed by atoms with Gasteiger partial charge in [-0.05, 0) is 35.4 Å². The molecule has 0 aromatic heterocycles. The van der Waals surface area contributed by atoms with Gasteiger partial charge in [-0.2, -0.15) is 0 Å². The zero-order chi connectivity index (χ0) is 27.3. The molecule has 2 aromatic carbocycles. The molecule has 0 saturated heterocycles. The number of rotatable bonds is 16. The number of ether oxygens (including phenoxy) is 4. The second kappa shape index (κ2) is 14.8. The molecule has 0 radical (unpaired) electrons. The summed E-state index contributed by atoms with van der Waals surface area (Å²) in [4.78, 5) is 22.9. The van der Waals surface area contributed by atoms with Gasteiger partial charge in [0.2, 0.25) is 0 Å². The fraction of sp³-hybridized carbons (Fsp3) is 0.379. The third-order valence-corrected chi connectivity index (χ3v) is 5.69. The van der Waals surface area contributed by atoms with Crippen LogP contribution in [0.2, 0.25) is 0 Å². The average molecular weight is 513 g/mol. The SMILES string of the molecule is C=C(CO)C(=O)OCCCOc1ccc(C(C)(C)c2ccc(OCCCOC(=O)C(=C)CO)cc2)cc1. The molecule has 200 valence electrons. The minimum absolute atomic E-state index is 0.0311. The van der Waals surface area contributed by atoms with Crippen LogP contribution in [-0.4, -0.2) is 61.8 Å². The van der Waals surface area contributed by atoms with Crippen molar-refractivity contribution in [1.82, 2.24) is 0 Å². The number of aliphatic hydroxyl groups is 2. The molecule has 0 bridgehead atoms. The number of aliphatic hydroxyl groups excluding tert-OH is 2. The number of esters is 2. The maximum absolute atomic E-state index is 11.4. The van der Waals surface area contributed by atoms with E-state index in [2.05, 4.69) is 27.0 Å². The lowest BCUT2D eigenvalue weighted by Gasteiger charge is -2.26. The van der Waals surface area contributed by atoms with Crippen molar-refractivity contribution in [2.24, 2.45) is 0 Å². The average Bonchev–Trinajstić information content (AvgIpc) is 2.91. The van der Waals surface area contributed by atoms with Crippen molar-refractivity contribution in [2.45, 2.75) is 32.1 Å². The highest BCUT2D eigenvalue weighted by atomic mass is 16.5. The Hall–Kier alpha value is -3.62. The first kappa shape index (κ1) is 29.6. The number of carbonyl (C=O) groups excluding carboxylic acids is 2. The molecule has 0 heterocycles. The number of carbonyl (C=O) groups is 2. The number of hydrogen-bond acceptors (Lipinski definition) is 8. The highest BCUT2D eigenvalue weighted by molar-refractivity contribution is 5.88. The molecule has 0 fully saturated rings. The fourth-order valence-corrected chi connectivity index (χ4v) is 3.26. The van der Waals surface area contributed by atoms with E-state index < -0.39 is 25.2 Å². The monoisotopic (exact) mass is 512 g/mol. The van der Waals surface area contributed by atoms with E-state index >= 15 is 0 Å². The van der Waals surface area contributed by atoms with Gasteiger partial charge in [-0.3, -0.25) is 0 Å². The lowest BCUT2D eigenvalue weighted by Crippen LogP contribution is -2.18. The van der Waals surface area contributed by atoms with Crippen molar-refractivity contribution in [2.75, 3.05) is 39.6 Å². The van der Waals surface area contributed by atoms with Crippen LogP contribution in [0.25, 0.3) is 0 Å². The molecule has 0 aliphatic carbocycles. The second-order valence-electron chi connectivity index (χ2n) is 8.87. The Balaban J connectivity index is 1.79. The summed E-state index contributed by atoms with van der Waals surface area (Å²) in [6.07, 6.45) is 1.05. The van der Waals surface area contributed by atoms with Gasteiger partial charge in [-0.1, -0.05) is 51.3 Å². The van der Waals surface area contributed by atoms with Crippen molar-refractivity contribution in [1.29, 1.82) is 0 Å². The Bertz CT molecular complexity index is 955. The predicted molar refractivity (Wildman–Crippen MR) is 140 cm³/mol. The molecule has 0 aliphatic rings. The van der Waals surface area contributed by atoms with E-state index in [0.29, 0.717) is 26.1 Å². The van der Waals surface area contributed by atoms with Crippen LogP contribution in [0.1, 0.15) is 37.8 Å². The van der Waals surface area contributed by atoms with Crippen molar-refractivity contribution in [3.8, 4) is 11.5 Å². The van der Waals surface area contributed by atoms with Crippen LogP contribution in [-0.2, 0) is 24.5 Å². The number of hydrogen-bond donors (Lipinski definition) is 2. The lowest BCUT2D eigenvalue weighted by atomic mass is 9.78. The van der Waals surface area contributed by atoms with Crippen LogP contribution in [0.4, 0.5) is 0 Å². The van der Waals surface area contributed by atoms with Gasteiger partial charge in [-0.15, -0.1) is 0 Å². The van der Waals surface area contributed by atoms with Crippen LogP contribution in [0.15, 0.2) is 72.8 Å². The van der Waals surface area contributed by atoms with Crippen LogP contribution >= 0.6 is 0 Å². The molecule has 0 spiro atoms. The molecule has 2 rings (SSSR count). The molecule has 0 saturated carbocycles. The molecule has 0 amide bonds. The molecular weight excluding hydrogens is 476 g/mol. The second-order valence-corrected chi connectivity index (χ2v) is 8.87. The zero-order valence-electron chi connectivity index (χ0n) is 21.5. The van der Waals surface area contributed by atoms with Gasteiger partial charge in [0.25, 0.3) is 0 Å². The summed E-state index contributed by atoms with van der Waals surface area (Å²) in [6.45, 7) is 11.5. The molecular formula is C29H36O8. The summed E-state index contributed by atoms with van der Waals surface area (Å²) < 4.78 is 21.4. The first-order chi connectivity index (χ1) is 17.7. The molecule has 8 nitrogen and oxygen atoms in total. The van der Waals surface area contributed by atoms with E-state index in [-0.39, 0.29) is 29.8 Å². The molecule has 37 heavy (non-hydrogen) atoms. The van der Waals surface area contributed by atoms with Gasteiger partial charge in [0, 0.05) is 18.3 Å². The quantitative estimate of drug-likeness (QED) is 0.199. The first-order valence-corrected chi connectivity index (χ1v) is 12.1. The van der Waals surface area contributed by atoms with Gasteiger partial charge in [0.05, 0.1) is 50.8 Å². The molecule has 0 aliphatic heterocycles. The van der Waals surface area contributed by atoms with E-state index in [1.165, 1.54) is 0 Å².